The van der Waals surface area contributed by atoms with Crippen molar-refractivity contribution in [1.82, 2.24) is 5.32 Å². The van der Waals surface area contributed by atoms with E-state index in [2.05, 4.69) is 34.9 Å². The van der Waals surface area contributed by atoms with Gasteiger partial charge < -0.3 is 20.5 Å². The van der Waals surface area contributed by atoms with Gasteiger partial charge in [-0.05, 0) is 59.7 Å². The molecule has 1 saturated carbocycles. The molecular formula is C28H26N2O5. The molecule has 0 radical (unpaired) electrons. The second-order valence-electron chi connectivity index (χ2n) is 9.05. The average molecular weight is 471 g/mol. The van der Waals surface area contributed by atoms with Crippen molar-refractivity contribution in [3.8, 4) is 11.1 Å². The van der Waals surface area contributed by atoms with E-state index >= 15 is 0 Å². The number of fused-ring (bicyclic) bond motifs is 3. The number of carbonyl (C=O) groups excluding carboxylic acids is 2. The van der Waals surface area contributed by atoms with Crippen LogP contribution < -0.4 is 10.6 Å². The molecule has 1 fully saturated rings. The first-order chi connectivity index (χ1) is 17.0. The number of rotatable bonds is 6. The smallest absolute Gasteiger partial charge is 0.407 e. The van der Waals surface area contributed by atoms with E-state index in [4.69, 9.17) is 9.84 Å². The summed E-state index contributed by atoms with van der Waals surface area (Å²) in [6.07, 6.45) is 1.34. The summed E-state index contributed by atoms with van der Waals surface area (Å²) in [7, 11) is 0. The van der Waals surface area contributed by atoms with Crippen LogP contribution in [0, 0.1) is 5.92 Å². The molecule has 0 aliphatic heterocycles. The van der Waals surface area contributed by atoms with Gasteiger partial charge in [0.25, 0.3) is 0 Å². The third kappa shape index (κ3) is 4.75. The fourth-order valence-corrected chi connectivity index (χ4v) is 5.13. The first-order valence-corrected chi connectivity index (χ1v) is 11.8. The van der Waals surface area contributed by atoms with Gasteiger partial charge in [0.2, 0.25) is 5.91 Å². The van der Waals surface area contributed by atoms with Crippen molar-refractivity contribution in [2.24, 2.45) is 5.92 Å². The Balaban J connectivity index is 1.14. The lowest BCUT2D eigenvalue weighted by atomic mass is 9.98. The third-order valence-corrected chi connectivity index (χ3v) is 6.85. The Labute approximate surface area is 203 Å². The second kappa shape index (κ2) is 9.62. The number of hydrogen-bond donors (Lipinski definition) is 3. The van der Waals surface area contributed by atoms with Crippen LogP contribution in [0.1, 0.15) is 46.7 Å². The lowest BCUT2D eigenvalue weighted by Gasteiger charge is -2.17. The molecule has 0 saturated heterocycles. The molecule has 0 aromatic heterocycles. The van der Waals surface area contributed by atoms with Crippen LogP contribution in [0.5, 0.6) is 0 Å². The molecule has 0 unspecified atom stereocenters. The van der Waals surface area contributed by atoms with Gasteiger partial charge in [-0.15, -0.1) is 0 Å². The van der Waals surface area contributed by atoms with Crippen molar-refractivity contribution < 1.29 is 24.2 Å². The van der Waals surface area contributed by atoms with E-state index in [1.807, 2.05) is 24.3 Å². The number of hydrogen-bond acceptors (Lipinski definition) is 4. The monoisotopic (exact) mass is 470 g/mol. The van der Waals surface area contributed by atoms with Crippen LogP contribution in [-0.4, -0.2) is 35.7 Å². The zero-order valence-corrected chi connectivity index (χ0v) is 19.1. The van der Waals surface area contributed by atoms with Gasteiger partial charge in [-0.25, -0.2) is 9.59 Å². The summed E-state index contributed by atoms with van der Waals surface area (Å²) in [5.74, 6) is -1.49. The summed E-state index contributed by atoms with van der Waals surface area (Å²) in [5.41, 5.74) is 5.23. The van der Waals surface area contributed by atoms with Crippen molar-refractivity contribution >= 4 is 23.7 Å². The summed E-state index contributed by atoms with van der Waals surface area (Å²) < 4.78 is 5.62. The largest absolute Gasteiger partial charge is 0.478 e. The highest BCUT2D eigenvalue weighted by Crippen LogP contribution is 2.44. The molecule has 2 amide bonds. The molecule has 5 rings (SSSR count). The van der Waals surface area contributed by atoms with E-state index in [1.165, 1.54) is 23.3 Å². The van der Waals surface area contributed by atoms with Gasteiger partial charge >= 0.3 is 12.1 Å². The molecule has 3 N–H and O–H groups in total. The predicted molar refractivity (Wildman–Crippen MR) is 131 cm³/mol. The average Bonchev–Trinajstić information content (AvgIpc) is 3.46. The highest BCUT2D eigenvalue weighted by molar-refractivity contribution is 5.95. The van der Waals surface area contributed by atoms with Crippen LogP contribution in [0.3, 0.4) is 0 Å². The number of ether oxygens (including phenoxy) is 1. The Kier molecular flexibility index (Phi) is 6.23. The van der Waals surface area contributed by atoms with Crippen molar-refractivity contribution in [1.29, 1.82) is 0 Å². The van der Waals surface area contributed by atoms with Crippen LogP contribution in [0.4, 0.5) is 10.5 Å². The zero-order chi connectivity index (χ0) is 24.4. The van der Waals surface area contributed by atoms with Crippen LogP contribution in [0.15, 0.2) is 72.8 Å². The van der Waals surface area contributed by atoms with Gasteiger partial charge in [0.05, 0.1) is 5.56 Å². The molecule has 3 aromatic carbocycles. The van der Waals surface area contributed by atoms with E-state index in [0.717, 1.165) is 11.1 Å². The Hall–Kier alpha value is -4.13. The van der Waals surface area contributed by atoms with E-state index in [0.29, 0.717) is 24.9 Å². The topological polar surface area (TPSA) is 105 Å². The fraction of sp³-hybridized carbons (Fsp3) is 0.250. The lowest BCUT2D eigenvalue weighted by molar-refractivity contribution is -0.119. The maximum Gasteiger partial charge on any atom is 0.407 e. The van der Waals surface area contributed by atoms with Crippen molar-refractivity contribution in [2.75, 3.05) is 11.9 Å². The fourth-order valence-electron chi connectivity index (χ4n) is 5.13. The molecular weight excluding hydrogens is 444 g/mol. The predicted octanol–water partition coefficient (Wildman–Crippen LogP) is 5.03. The first kappa shape index (κ1) is 22.7. The molecule has 2 aliphatic rings. The summed E-state index contributed by atoms with van der Waals surface area (Å²) in [5, 5.41) is 14.8. The van der Waals surface area contributed by atoms with Crippen molar-refractivity contribution in [3.05, 3.63) is 89.5 Å². The van der Waals surface area contributed by atoms with Crippen LogP contribution in [0.2, 0.25) is 0 Å². The minimum atomic E-state index is -1.05. The standard InChI is InChI=1S/C28H26N2O5/c31-26(29-19-7-5-6-18(15-19)27(32)33)17-12-13-20(14-17)30-28(34)35-16-25-23-10-3-1-8-21(23)22-9-2-4-11-24(22)25/h1-11,15,17,20,25H,12-14,16H2,(H,29,31)(H,30,34)(H,32,33)/t17-,20+/m0/s1. The molecule has 2 atom stereocenters. The van der Waals surface area contributed by atoms with Gasteiger partial charge in [-0.2, -0.15) is 0 Å². The zero-order valence-electron chi connectivity index (χ0n) is 19.1. The summed E-state index contributed by atoms with van der Waals surface area (Å²) in [6, 6.07) is 22.4. The second-order valence-corrected chi connectivity index (χ2v) is 9.05. The summed E-state index contributed by atoms with van der Waals surface area (Å²) >= 11 is 0. The minimum Gasteiger partial charge on any atom is -0.478 e. The highest BCUT2D eigenvalue weighted by atomic mass is 16.5. The normalized spacial score (nSPS) is 18.4. The SMILES string of the molecule is O=C(N[C@@H]1CC[C@H](C(=O)Nc2cccc(C(=O)O)c2)C1)OCC1c2ccccc2-c2ccccc21. The number of nitrogens with one attached hydrogen (secondary N) is 2. The quantitative estimate of drug-likeness (QED) is 0.469. The molecule has 0 spiro atoms. The Bertz CT molecular complexity index is 1240. The van der Waals surface area contributed by atoms with Gasteiger partial charge in [-0.3, -0.25) is 4.79 Å². The number of benzene rings is 3. The summed E-state index contributed by atoms with van der Waals surface area (Å²) in [6.45, 7) is 0.246. The van der Waals surface area contributed by atoms with E-state index in [1.54, 1.807) is 12.1 Å². The summed E-state index contributed by atoms with van der Waals surface area (Å²) in [4.78, 5) is 36.4. The maximum atomic E-state index is 12.7. The van der Waals surface area contributed by atoms with Crippen LogP contribution >= 0.6 is 0 Å². The number of aromatic carboxylic acids is 1. The van der Waals surface area contributed by atoms with E-state index < -0.39 is 12.1 Å². The Morgan fingerprint density at radius 1 is 0.886 bits per heavy atom. The molecule has 35 heavy (non-hydrogen) atoms. The van der Waals surface area contributed by atoms with Gasteiger partial charge in [0.15, 0.2) is 0 Å². The number of alkyl carbamates (subject to hydrolysis) is 1. The molecule has 0 heterocycles. The van der Waals surface area contributed by atoms with Crippen molar-refractivity contribution in [2.45, 2.75) is 31.2 Å². The number of amides is 2. The molecule has 2 aliphatic carbocycles. The Morgan fingerprint density at radius 3 is 2.26 bits per heavy atom. The van der Waals surface area contributed by atoms with E-state index in [-0.39, 0.29) is 36.0 Å². The number of carbonyl (C=O) groups is 3. The third-order valence-electron chi connectivity index (χ3n) is 6.85. The molecule has 0 bridgehead atoms. The number of anilines is 1. The molecule has 7 nitrogen and oxygen atoms in total. The molecule has 178 valence electrons. The van der Waals surface area contributed by atoms with Crippen molar-refractivity contribution in [3.63, 3.8) is 0 Å². The Morgan fingerprint density at radius 2 is 1.57 bits per heavy atom. The minimum absolute atomic E-state index is 0.00294. The van der Waals surface area contributed by atoms with Gasteiger partial charge in [0.1, 0.15) is 6.61 Å². The maximum absolute atomic E-state index is 12.7. The number of carboxylic acid groups (broad SMARTS) is 1. The molecule has 3 aromatic rings. The lowest BCUT2D eigenvalue weighted by Crippen LogP contribution is -2.35. The number of carboxylic acids is 1. The van der Waals surface area contributed by atoms with Gasteiger partial charge in [0, 0.05) is 23.6 Å². The molecule has 7 heteroatoms. The highest BCUT2D eigenvalue weighted by Gasteiger charge is 2.32. The van der Waals surface area contributed by atoms with Crippen LogP contribution in [-0.2, 0) is 9.53 Å². The van der Waals surface area contributed by atoms with E-state index in [9.17, 15) is 14.4 Å². The van der Waals surface area contributed by atoms with Gasteiger partial charge in [-0.1, -0.05) is 54.6 Å². The first-order valence-electron chi connectivity index (χ1n) is 11.8. The van der Waals surface area contributed by atoms with Crippen LogP contribution in [0.25, 0.3) is 11.1 Å².